The van der Waals surface area contributed by atoms with Crippen LogP contribution in [0.1, 0.15) is 18.2 Å². The number of nitrogens with zero attached hydrogens (tertiary/aromatic N) is 2. The van der Waals surface area contributed by atoms with Crippen molar-refractivity contribution in [3.05, 3.63) is 47.7 Å². The van der Waals surface area contributed by atoms with Gasteiger partial charge in [0.2, 0.25) is 5.91 Å². The molecule has 1 aliphatic rings. The van der Waals surface area contributed by atoms with Gasteiger partial charge in [0.15, 0.2) is 0 Å². The molecule has 1 unspecified atom stereocenters. The van der Waals surface area contributed by atoms with Crippen LogP contribution in [0.5, 0.6) is 5.75 Å². The van der Waals surface area contributed by atoms with E-state index in [1.807, 2.05) is 50.4 Å². The number of pyridine rings is 1. The zero-order valence-electron chi connectivity index (χ0n) is 16.9. The molecule has 7 heteroatoms. The van der Waals surface area contributed by atoms with Gasteiger partial charge < -0.3 is 25.0 Å². The Labute approximate surface area is 166 Å². The molecule has 1 aromatic carbocycles. The minimum Gasteiger partial charge on any atom is -0.497 e. The third kappa shape index (κ3) is 4.26. The van der Waals surface area contributed by atoms with Crippen molar-refractivity contribution in [2.45, 2.75) is 18.9 Å². The lowest BCUT2D eigenvalue weighted by Gasteiger charge is -2.38. The minimum absolute atomic E-state index is 0.0385. The van der Waals surface area contributed by atoms with E-state index in [1.54, 1.807) is 14.2 Å². The van der Waals surface area contributed by atoms with Crippen molar-refractivity contribution < 1.29 is 14.3 Å². The molecule has 2 heterocycles. The highest BCUT2D eigenvalue weighted by Gasteiger charge is 2.42. The van der Waals surface area contributed by atoms with Gasteiger partial charge in [0.25, 0.3) is 0 Å². The van der Waals surface area contributed by atoms with Crippen molar-refractivity contribution in [1.82, 2.24) is 15.2 Å². The molecule has 0 aliphatic carbocycles. The fourth-order valence-corrected chi connectivity index (χ4v) is 3.61. The number of likely N-dealkylation sites (N-methyl/N-ethyl adjacent to an activating group) is 1. The Bertz CT molecular complexity index is 842. The van der Waals surface area contributed by atoms with E-state index in [0.29, 0.717) is 25.5 Å². The Morgan fingerprint density at radius 3 is 2.86 bits per heavy atom. The van der Waals surface area contributed by atoms with Crippen molar-refractivity contribution in [3.8, 4) is 5.75 Å². The van der Waals surface area contributed by atoms with E-state index in [-0.39, 0.29) is 5.91 Å². The van der Waals surface area contributed by atoms with Crippen molar-refractivity contribution in [1.29, 1.82) is 0 Å². The van der Waals surface area contributed by atoms with Crippen LogP contribution in [0, 0.1) is 0 Å². The SMILES string of the molecule is COCCNC(=O)C1(C)CN(C)Cc2ccc(Nc3cccc(OC)c3)nc21. The molecule has 7 nitrogen and oxygen atoms in total. The predicted molar refractivity (Wildman–Crippen MR) is 109 cm³/mol. The van der Waals surface area contributed by atoms with Crippen molar-refractivity contribution in [2.75, 3.05) is 46.3 Å². The van der Waals surface area contributed by atoms with Crippen LogP contribution in [-0.2, 0) is 21.5 Å². The Kier molecular flexibility index (Phi) is 6.16. The van der Waals surface area contributed by atoms with E-state index in [9.17, 15) is 4.79 Å². The third-order valence-corrected chi connectivity index (χ3v) is 4.96. The largest absolute Gasteiger partial charge is 0.497 e. The molecule has 150 valence electrons. The van der Waals surface area contributed by atoms with Crippen LogP contribution < -0.4 is 15.4 Å². The Morgan fingerprint density at radius 2 is 2.11 bits per heavy atom. The number of amides is 1. The van der Waals surface area contributed by atoms with Crippen LogP contribution >= 0.6 is 0 Å². The fraction of sp³-hybridized carbons (Fsp3) is 0.429. The van der Waals surface area contributed by atoms with Gasteiger partial charge in [-0.1, -0.05) is 12.1 Å². The zero-order valence-corrected chi connectivity index (χ0v) is 16.9. The van der Waals surface area contributed by atoms with E-state index >= 15 is 0 Å². The summed E-state index contributed by atoms with van der Waals surface area (Å²) < 4.78 is 10.3. The maximum absolute atomic E-state index is 13.0. The summed E-state index contributed by atoms with van der Waals surface area (Å²) in [6.45, 7) is 4.28. The van der Waals surface area contributed by atoms with Gasteiger partial charge >= 0.3 is 0 Å². The number of carbonyl (C=O) groups is 1. The lowest BCUT2D eigenvalue weighted by molar-refractivity contribution is -0.127. The van der Waals surface area contributed by atoms with Crippen LogP contribution in [0.15, 0.2) is 36.4 Å². The highest BCUT2D eigenvalue weighted by atomic mass is 16.5. The highest BCUT2D eigenvalue weighted by Crippen LogP contribution is 2.33. The Morgan fingerprint density at radius 1 is 1.29 bits per heavy atom. The standard InChI is InChI=1S/C21H28N4O3/c1-21(20(26)22-10-11-27-3)14-25(2)13-15-8-9-18(24-19(15)21)23-16-6-5-7-17(12-16)28-4/h5-9,12H,10-11,13-14H2,1-4H3,(H,22,26)(H,23,24). The molecule has 1 aliphatic heterocycles. The first-order valence-corrected chi connectivity index (χ1v) is 9.33. The summed E-state index contributed by atoms with van der Waals surface area (Å²) in [6, 6.07) is 11.7. The quantitative estimate of drug-likeness (QED) is 0.714. The molecular weight excluding hydrogens is 356 g/mol. The van der Waals surface area contributed by atoms with Gasteiger partial charge in [-0.25, -0.2) is 4.98 Å². The topological polar surface area (TPSA) is 75.7 Å². The molecule has 1 amide bonds. The first-order chi connectivity index (χ1) is 13.5. The molecule has 2 N–H and O–H groups in total. The maximum Gasteiger partial charge on any atom is 0.233 e. The van der Waals surface area contributed by atoms with E-state index in [2.05, 4.69) is 15.5 Å². The summed E-state index contributed by atoms with van der Waals surface area (Å²) in [5, 5.41) is 6.28. The average Bonchev–Trinajstić information content (AvgIpc) is 2.68. The minimum atomic E-state index is -0.734. The molecule has 3 rings (SSSR count). The second-order valence-corrected chi connectivity index (χ2v) is 7.31. The molecule has 0 spiro atoms. The van der Waals surface area contributed by atoms with Crippen LogP contribution in [-0.4, -0.2) is 56.8 Å². The van der Waals surface area contributed by atoms with Crippen LogP contribution in [0.2, 0.25) is 0 Å². The van der Waals surface area contributed by atoms with Gasteiger partial charge in [-0.3, -0.25) is 4.79 Å². The Hall–Kier alpha value is -2.64. The summed E-state index contributed by atoms with van der Waals surface area (Å²) >= 11 is 0. The summed E-state index contributed by atoms with van der Waals surface area (Å²) in [4.78, 5) is 20.0. The molecule has 2 aromatic rings. The number of carbonyl (C=O) groups excluding carboxylic acids is 1. The lowest BCUT2D eigenvalue weighted by atomic mass is 9.79. The summed E-state index contributed by atoms with van der Waals surface area (Å²) in [5.41, 5.74) is 2.02. The number of nitrogens with one attached hydrogen (secondary N) is 2. The molecule has 0 fully saturated rings. The fourth-order valence-electron chi connectivity index (χ4n) is 3.61. The molecule has 28 heavy (non-hydrogen) atoms. The van der Waals surface area contributed by atoms with E-state index < -0.39 is 5.41 Å². The normalized spacial score (nSPS) is 19.0. The second kappa shape index (κ2) is 8.58. The Balaban J connectivity index is 1.89. The maximum atomic E-state index is 13.0. The molecule has 1 aromatic heterocycles. The number of ether oxygens (including phenoxy) is 2. The van der Waals surface area contributed by atoms with Gasteiger partial charge in [-0.15, -0.1) is 0 Å². The van der Waals surface area contributed by atoms with Gasteiger partial charge in [0.1, 0.15) is 17.0 Å². The highest BCUT2D eigenvalue weighted by molar-refractivity contribution is 5.88. The van der Waals surface area contributed by atoms with Gasteiger partial charge in [-0.2, -0.15) is 0 Å². The average molecular weight is 384 g/mol. The summed E-state index contributed by atoms with van der Waals surface area (Å²) in [6.07, 6.45) is 0. The lowest BCUT2D eigenvalue weighted by Crippen LogP contribution is -2.53. The molecule has 0 bridgehead atoms. The predicted octanol–water partition coefficient (Wildman–Crippen LogP) is 2.30. The summed E-state index contributed by atoms with van der Waals surface area (Å²) in [7, 11) is 5.28. The molecule has 0 saturated heterocycles. The number of aromatic nitrogens is 1. The number of hydrogen-bond acceptors (Lipinski definition) is 6. The number of methoxy groups -OCH3 is 2. The van der Waals surface area contributed by atoms with Crippen LogP contribution in [0.3, 0.4) is 0 Å². The number of anilines is 2. The number of benzene rings is 1. The van der Waals surface area contributed by atoms with Gasteiger partial charge in [0.05, 0.1) is 19.4 Å². The van der Waals surface area contributed by atoms with Gasteiger partial charge in [-0.05, 0) is 37.7 Å². The van der Waals surface area contributed by atoms with E-state index in [0.717, 1.165) is 29.2 Å². The first kappa shape index (κ1) is 20.1. The van der Waals surface area contributed by atoms with Crippen molar-refractivity contribution >= 4 is 17.4 Å². The van der Waals surface area contributed by atoms with Crippen molar-refractivity contribution in [3.63, 3.8) is 0 Å². The smallest absolute Gasteiger partial charge is 0.233 e. The number of rotatable bonds is 7. The van der Waals surface area contributed by atoms with E-state index in [1.165, 1.54) is 0 Å². The summed E-state index contributed by atoms with van der Waals surface area (Å²) in [5.74, 6) is 1.43. The van der Waals surface area contributed by atoms with Crippen LogP contribution in [0.25, 0.3) is 0 Å². The number of hydrogen-bond donors (Lipinski definition) is 2. The third-order valence-electron chi connectivity index (χ3n) is 4.96. The molecular formula is C21H28N4O3. The number of fused-ring (bicyclic) bond motifs is 1. The van der Waals surface area contributed by atoms with Crippen LogP contribution in [0.4, 0.5) is 11.5 Å². The molecule has 0 radical (unpaired) electrons. The molecule has 1 atom stereocenters. The monoisotopic (exact) mass is 384 g/mol. The first-order valence-electron chi connectivity index (χ1n) is 9.33. The second-order valence-electron chi connectivity index (χ2n) is 7.31. The molecule has 0 saturated carbocycles. The van der Waals surface area contributed by atoms with Gasteiger partial charge in [0, 0.05) is 38.5 Å². The van der Waals surface area contributed by atoms with E-state index in [4.69, 9.17) is 14.5 Å². The van der Waals surface area contributed by atoms with Crippen molar-refractivity contribution in [2.24, 2.45) is 0 Å². The zero-order chi connectivity index (χ0) is 20.1.